The number of benzene rings is 2. The zero-order chi connectivity index (χ0) is 20.5. The summed E-state index contributed by atoms with van der Waals surface area (Å²) in [6, 6.07) is 10.6. The molecule has 2 N–H and O–H groups in total. The number of nitrogens with one attached hydrogen (secondary N) is 2. The number of carbonyl (C=O) groups is 1. The van der Waals surface area contributed by atoms with Crippen molar-refractivity contribution in [2.24, 2.45) is 0 Å². The lowest BCUT2D eigenvalue weighted by molar-refractivity contribution is 0.102. The van der Waals surface area contributed by atoms with E-state index in [4.69, 9.17) is 0 Å². The van der Waals surface area contributed by atoms with Crippen molar-refractivity contribution in [3.63, 3.8) is 0 Å². The maximum Gasteiger partial charge on any atom is 0.255 e. The highest BCUT2D eigenvalue weighted by Gasteiger charge is 2.29. The maximum absolute atomic E-state index is 12.5. The van der Waals surface area contributed by atoms with Crippen molar-refractivity contribution in [1.29, 1.82) is 0 Å². The van der Waals surface area contributed by atoms with Gasteiger partial charge in [-0.2, -0.15) is 0 Å². The second-order valence-electron chi connectivity index (χ2n) is 6.43. The van der Waals surface area contributed by atoms with Crippen molar-refractivity contribution < 1.29 is 21.6 Å². The van der Waals surface area contributed by atoms with Gasteiger partial charge in [0, 0.05) is 17.8 Å². The van der Waals surface area contributed by atoms with E-state index in [1.807, 2.05) is 6.92 Å². The lowest BCUT2D eigenvalue weighted by atomic mass is 10.1. The molecular weight excluding hydrogens is 402 g/mol. The standard InChI is InChI=1S/C18H21N3O5S2/c1-13-4-7-15(12-17(13)21-10-3-11-27(21,23)24)20-18(22)14-5-8-16(9-6-14)28(25,26)19-2/h4-9,12,19H,3,10-11H2,1-2H3,(H,20,22). The van der Waals surface area contributed by atoms with Crippen LogP contribution in [0.5, 0.6) is 0 Å². The van der Waals surface area contributed by atoms with Gasteiger partial charge in [0.15, 0.2) is 0 Å². The number of anilines is 2. The zero-order valence-electron chi connectivity index (χ0n) is 15.5. The zero-order valence-corrected chi connectivity index (χ0v) is 17.1. The minimum absolute atomic E-state index is 0.0587. The Morgan fingerprint density at radius 1 is 1.11 bits per heavy atom. The molecule has 3 rings (SSSR count). The number of aryl methyl sites for hydroxylation is 1. The Morgan fingerprint density at radius 2 is 1.79 bits per heavy atom. The molecule has 2 aromatic rings. The van der Waals surface area contributed by atoms with E-state index in [1.54, 1.807) is 18.2 Å². The first-order valence-electron chi connectivity index (χ1n) is 8.60. The normalized spacial score (nSPS) is 16.1. The first-order chi connectivity index (χ1) is 13.1. The average Bonchev–Trinajstić information content (AvgIpc) is 3.02. The molecule has 10 heteroatoms. The van der Waals surface area contributed by atoms with Crippen LogP contribution in [0, 0.1) is 6.92 Å². The Hall–Kier alpha value is -2.43. The molecule has 1 fully saturated rings. The molecule has 8 nitrogen and oxygen atoms in total. The topological polar surface area (TPSA) is 113 Å². The van der Waals surface area contributed by atoms with Crippen molar-refractivity contribution in [2.75, 3.05) is 29.0 Å². The molecule has 28 heavy (non-hydrogen) atoms. The Balaban J connectivity index is 1.82. The van der Waals surface area contributed by atoms with Gasteiger partial charge >= 0.3 is 0 Å². The Labute approximate surface area is 164 Å². The van der Waals surface area contributed by atoms with Crippen molar-refractivity contribution in [1.82, 2.24) is 4.72 Å². The van der Waals surface area contributed by atoms with Gasteiger partial charge in [-0.1, -0.05) is 6.07 Å². The fraction of sp³-hybridized carbons (Fsp3) is 0.278. The van der Waals surface area contributed by atoms with E-state index in [2.05, 4.69) is 10.0 Å². The van der Waals surface area contributed by atoms with Gasteiger partial charge in [-0.15, -0.1) is 0 Å². The number of hydrogen-bond donors (Lipinski definition) is 2. The number of hydrogen-bond acceptors (Lipinski definition) is 5. The van der Waals surface area contributed by atoms with Crippen LogP contribution in [0.25, 0.3) is 0 Å². The van der Waals surface area contributed by atoms with Crippen LogP contribution in [0.15, 0.2) is 47.4 Å². The summed E-state index contributed by atoms with van der Waals surface area (Å²) in [5.74, 6) is -0.308. The largest absolute Gasteiger partial charge is 0.322 e. The van der Waals surface area contributed by atoms with Gasteiger partial charge < -0.3 is 5.32 Å². The van der Waals surface area contributed by atoms with Crippen LogP contribution in [0.2, 0.25) is 0 Å². The third-order valence-corrected chi connectivity index (χ3v) is 7.82. The summed E-state index contributed by atoms with van der Waals surface area (Å²) in [5.41, 5.74) is 2.08. The summed E-state index contributed by atoms with van der Waals surface area (Å²) in [7, 11) is -5.59. The van der Waals surface area contributed by atoms with Crippen LogP contribution in [-0.4, -0.2) is 42.1 Å². The van der Waals surface area contributed by atoms with Gasteiger partial charge in [0.1, 0.15) is 0 Å². The van der Waals surface area contributed by atoms with Crippen molar-refractivity contribution in [3.05, 3.63) is 53.6 Å². The monoisotopic (exact) mass is 423 g/mol. The van der Waals surface area contributed by atoms with Crippen LogP contribution in [0.4, 0.5) is 11.4 Å². The second kappa shape index (κ2) is 7.53. The fourth-order valence-electron chi connectivity index (χ4n) is 2.97. The fourth-order valence-corrected chi connectivity index (χ4v) is 5.32. The summed E-state index contributed by atoms with van der Waals surface area (Å²) in [6.07, 6.45) is 0.570. The molecule has 0 unspecified atom stereocenters. The van der Waals surface area contributed by atoms with E-state index in [0.29, 0.717) is 24.3 Å². The molecule has 1 amide bonds. The minimum atomic E-state index is -3.57. The average molecular weight is 424 g/mol. The van der Waals surface area contributed by atoms with Crippen molar-refractivity contribution >= 4 is 37.3 Å². The summed E-state index contributed by atoms with van der Waals surface area (Å²) in [6.45, 7) is 2.23. The van der Waals surface area contributed by atoms with Crippen molar-refractivity contribution in [3.8, 4) is 0 Å². The lowest BCUT2D eigenvalue weighted by Gasteiger charge is -2.20. The molecule has 0 saturated carbocycles. The second-order valence-corrected chi connectivity index (χ2v) is 10.3. The van der Waals surface area contributed by atoms with Crippen LogP contribution in [0.1, 0.15) is 22.3 Å². The molecule has 1 saturated heterocycles. The van der Waals surface area contributed by atoms with E-state index in [-0.39, 0.29) is 16.2 Å². The highest BCUT2D eigenvalue weighted by molar-refractivity contribution is 7.93. The quantitative estimate of drug-likeness (QED) is 0.760. The van der Waals surface area contributed by atoms with E-state index >= 15 is 0 Å². The Morgan fingerprint density at radius 3 is 2.36 bits per heavy atom. The molecule has 0 aromatic heterocycles. The predicted octanol–water partition coefficient (Wildman–Crippen LogP) is 1.70. The van der Waals surface area contributed by atoms with Gasteiger partial charge in [0.05, 0.1) is 16.3 Å². The lowest BCUT2D eigenvalue weighted by Crippen LogP contribution is -2.26. The van der Waals surface area contributed by atoms with E-state index in [9.17, 15) is 21.6 Å². The maximum atomic E-state index is 12.5. The van der Waals surface area contributed by atoms with Crippen molar-refractivity contribution in [2.45, 2.75) is 18.2 Å². The molecule has 0 aliphatic carbocycles. The summed E-state index contributed by atoms with van der Waals surface area (Å²) in [4.78, 5) is 12.5. The minimum Gasteiger partial charge on any atom is -0.322 e. The van der Waals surface area contributed by atoms with Gasteiger partial charge in [-0.05, 0) is 62.4 Å². The molecule has 0 spiro atoms. The van der Waals surface area contributed by atoms with E-state index < -0.39 is 26.0 Å². The van der Waals surface area contributed by atoms with Crippen LogP contribution < -0.4 is 14.3 Å². The molecular formula is C18H21N3O5S2. The highest BCUT2D eigenvalue weighted by Crippen LogP contribution is 2.30. The summed E-state index contributed by atoms with van der Waals surface area (Å²) >= 11 is 0. The molecule has 0 atom stereocenters. The number of rotatable bonds is 5. The third kappa shape index (κ3) is 4.03. The Kier molecular flexibility index (Phi) is 5.46. The Bertz CT molecular complexity index is 1110. The van der Waals surface area contributed by atoms with E-state index in [1.165, 1.54) is 35.6 Å². The summed E-state index contributed by atoms with van der Waals surface area (Å²) in [5, 5.41) is 2.72. The highest BCUT2D eigenvalue weighted by atomic mass is 32.2. The SMILES string of the molecule is CNS(=O)(=O)c1ccc(C(=O)Nc2ccc(C)c(N3CCCS3(=O)=O)c2)cc1. The van der Waals surface area contributed by atoms with Gasteiger partial charge in [-0.25, -0.2) is 21.6 Å². The molecule has 1 aliphatic rings. The third-order valence-electron chi connectivity index (χ3n) is 4.53. The van der Waals surface area contributed by atoms with Crippen LogP contribution in [-0.2, 0) is 20.0 Å². The van der Waals surface area contributed by atoms with Crippen LogP contribution in [0.3, 0.4) is 0 Å². The van der Waals surface area contributed by atoms with Crippen LogP contribution >= 0.6 is 0 Å². The van der Waals surface area contributed by atoms with Gasteiger partial charge in [0.2, 0.25) is 20.0 Å². The molecule has 150 valence electrons. The molecule has 1 aliphatic heterocycles. The summed E-state index contributed by atoms with van der Waals surface area (Å²) < 4.78 is 51.5. The smallest absolute Gasteiger partial charge is 0.255 e. The van der Waals surface area contributed by atoms with Gasteiger partial charge in [-0.3, -0.25) is 9.10 Å². The van der Waals surface area contributed by atoms with E-state index in [0.717, 1.165) is 5.56 Å². The molecule has 2 aromatic carbocycles. The number of carbonyl (C=O) groups excluding carboxylic acids is 1. The molecule has 0 bridgehead atoms. The molecule has 1 heterocycles. The first kappa shape index (κ1) is 20.3. The van der Waals surface area contributed by atoms with Gasteiger partial charge in [0.25, 0.3) is 5.91 Å². The molecule has 0 radical (unpaired) electrons. The first-order valence-corrected chi connectivity index (χ1v) is 11.7. The predicted molar refractivity (Wildman–Crippen MR) is 108 cm³/mol. The number of nitrogens with zero attached hydrogens (tertiary/aromatic N) is 1. The number of amides is 1. The number of sulfonamides is 2.